The number of guanidine groups is 1. The van der Waals surface area contributed by atoms with E-state index in [1.165, 1.54) is 18.2 Å². The van der Waals surface area contributed by atoms with Crippen molar-refractivity contribution in [3.05, 3.63) is 72.1 Å². The standard InChI is InChI=1S/C28H28F2N8O6/c1-38-11-10-35-24(38)15-4-2-5-16(12-15)42-25-20(29)22(43-18(27(40)41)6-3-9-36-28(33)34)21(30)26(37-25)44-19-13-14(23(31)32)7-8-17(19)39/h2,4-5,7-8,10-13,18,39H,3,6,9H2,1H3,(H3,31,32)(H,40,41)(H4,33,34,36). The number of hydrogen-bond donors (Lipinski definition) is 6. The number of nitrogen functional groups attached to an aromatic ring is 1. The zero-order valence-corrected chi connectivity index (χ0v) is 23.2. The molecule has 0 amide bonds. The second-order valence-electron chi connectivity index (χ2n) is 9.26. The number of aromatic hydroxyl groups is 1. The molecule has 9 N–H and O–H groups in total. The minimum Gasteiger partial charge on any atom is -0.504 e. The molecule has 0 aliphatic heterocycles. The van der Waals surface area contributed by atoms with Crippen LogP contribution in [-0.2, 0) is 11.8 Å². The van der Waals surface area contributed by atoms with Gasteiger partial charge in [-0.1, -0.05) is 12.1 Å². The first-order valence-electron chi connectivity index (χ1n) is 12.9. The van der Waals surface area contributed by atoms with Crippen molar-refractivity contribution in [2.24, 2.45) is 29.2 Å². The first-order valence-corrected chi connectivity index (χ1v) is 12.9. The van der Waals surface area contributed by atoms with Crippen molar-refractivity contribution in [1.29, 1.82) is 5.41 Å². The van der Waals surface area contributed by atoms with Crippen molar-refractivity contribution in [1.82, 2.24) is 14.5 Å². The number of nitrogens with one attached hydrogen (secondary N) is 1. The Kier molecular flexibility index (Phi) is 9.42. The van der Waals surface area contributed by atoms with Gasteiger partial charge in [-0.15, -0.1) is 0 Å². The van der Waals surface area contributed by atoms with E-state index in [2.05, 4.69) is 15.0 Å². The molecular formula is C28H28F2N8O6. The highest BCUT2D eigenvalue weighted by Gasteiger charge is 2.30. The Bertz CT molecular complexity index is 1720. The number of imidazole rings is 1. The molecule has 0 aliphatic carbocycles. The highest BCUT2D eigenvalue weighted by molar-refractivity contribution is 5.95. The summed E-state index contributed by atoms with van der Waals surface area (Å²) >= 11 is 0. The van der Waals surface area contributed by atoms with Crippen LogP contribution < -0.4 is 31.4 Å². The van der Waals surface area contributed by atoms with Gasteiger partial charge < -0.3 is 46.2 Å². The van der Waals surface area contributed by atoms with Gasteiger partial charge in [0.2, 0.25) is 17.4 Å². The van der Waals surface area contributed by atoms with Crippen LogP contribution in [0.4, 0.5) is 8.78 Å². The van der Waals surface area contributed by atoms with Crippen LogP contribution in [0.2, 0.25) is 0 Å². The molecule has 0 saturated carbocycles. The highest BCUT2D eigenvalue weighted by Crippen LogP contribution is 2.40. The average Bonchev–Trinajstić information content (AvgIpc) is 3.41. The minimum atomic E-state index is -1.74. The van der Waals surface area contributed by atoms with Crippen LogP contribution >= 0.6 is 0 Å². The van der Waals surface area contributed by atoms with Crippen molar-refractivity contribution in [2.75, 3.05) is 6.54 Å². The molecule has 0 saturated heterocycles. The number of nitrogens with zero attached hydrogens (tertiary/aromatic N) is 4. The zero-order chi connectivity index (χ0) is 32.0. The summed E-state index contributed by atoms with van der Waals surface area (Å²) in [5, 5.41) is 27.6. The second-order valence-corrected chi connectivity index (χ2v) is 9.26. The van der Waals surface area contributed by atoms with E-state index in [1.54, 1.807) is 36.1 Å². The third kappa shape index (κ3) is 7.28. The first kappa shape index (κ1) is 31.0. The number of aliphatic carboxylic acids is 1. The Morgan fingerprint density at radius 1 is 1.11 bits per heavy atom. The Balaban J connectivity index is 1.76. The Morgan fingerprint density at radius 3 is 2.48 bits per heavy atom. The molecule has 4 rings (SSSR count). The Hall–Kier alpha value is -5.93. The topological polar surface area (TPSA) is 230 Å². The molecule has 0 radical (unpaired) electrons. The van der Waals surface area contributed by atoms with Gasteiger partial charge in [-0.05, 0) is 43.2 Å². The fourth-order valence-corrected chi connectivity index (χ4v) is 3.90. The number of phenols is 1. The SMILES string of the molecule is Cn1ccnc1-c1cccc(Oc2nc(Oc3cc(C(=N)N)ccc3O)c(F)c(OC(CCCN=C(N)N)C(=O)O)c2F)c1. The molecule has 0 aliphatic rings. The lowest BCUT2D eigenvalue weighted by atomic mass is 10.2. The molecule has 0 bridgehead atoms. The van der Waals surface area contributed by atoms with Crippen LogP contribution in [0, 0.1) is 17.0 Å². The zero-order valence-electron chi connectivity index (χ0n) is 23.2. The molecule has 0 spiro atoms. The van der Waals surface area contributed by atoms with Gasteiger partial charge in [0.15, 0.2) is 23.6 Å². The summed E-state index contributed by atoms with van der Waals surface area (Å²) < 4.78 is 49.7. The van der Waals surface area contributed by atoms with Crippen molar-refractivity contribution < 1.29 is 38.0 Å². The van der Waals surface area contributed by atoms with E-state index in [4.69, 9.17) is 36.8 Å². The number of ether oxygens (including phenoxy) is 3. The van der Waals surface area contributed by atoms with Gasteiger partial charge in [0.1, 0.15) is 17.4 Å². The Morgan fingerprint density at radius 2 is 1.84 bits per heavy atom. The molecule has 1 unspecified atom stereocenters. The van der Waals surface area contributed by atoms with E-state index < -0.39 is 52.7 Å². The third-order valence-corrected chi connectivity index (χ3v) is 6.04. The molecular weight excluding hydrogens is 582 g/mol. The maximum Gasteiger partial charge on any atom is 0.344 e. The Labute approximate surface area is 248 Å². The molecule has 2 heterocycles. The monoisotopic (exact) mass is 610 g/mol. The number of pyridine rings is 1. The molecule has 44 heavy (non-hydrogen) atoms. The van der Waals surface area contributed by atoms with Crippen molar-refractivity contribution in [3.8, 4) is 46.1 Å². The van der Waals surface area contributed by atoms with Crippen LogP contribution in [0.5, 0.6) is 34.8 Å². The quantitative estimate of drug-likeness (QED) is 0.0731. The summed E-state index contributed by atoms with van der Waals surface area (Å²) in [4.78, 5) is 23.7. The van der Waals surface area contributed by atoms with Crippen LogP contribution in [-0.4, -0.2) is 55.2 Å². The van der Waals surface area contributed by atoms with E-state index in [-0.39, 0.29) is 42.5 Å². The molecule has 0 fully saturated rings. The molecule has 2 aromatic carbocycles. The predicted octanol–water partition coefficient (Wildman–Crippen LogP) is 3.22. The van der Waals surface area contributed by atoms with Crippen molar-refractivity contribution in [2.45, 2.75) is 18.9 Å². The minimum absolute atomic E-state index is 0.0393. The number of aryl methyl sites for hydroxylation is 1. The lowest BCUT2D eigenvalue weighted by molar-refractivity contribution is -0.145. The summed E-state index contributed by atoms with van der Waals surface area (Å²) in [5.41, 5.74) is 16.8. The average molecular weight is 611 g/mol. The van der Waals surface area contributed by atoms with E-state index >= 15 is 8.78 Å². The largest absolute Gasteiger partial charge is 0.504 e. The van der Waals surface area contributed by atoms with Crippen LogP contribution in [0.3, 0.4) is 0 Å². The number of hydrogen-bond acceptors (Lipinski definition) is 9. The summed E-state index contributed by atoms with van der Waals surface area (Å²) in [7, 11) is 1.77. The highest BCUT2D eigenvalue weighted by atomic mass is 19.1. The number of halogens is 2. The maximum absolute atomic E-state index is 15.8. The van der Waals surface area contributed by atoms with Crippen molar-refractivity contribution >= 4 is 17.8 Å². The molecule has 230 valence electrons. The molecule has 14 nitrogen and oxygen atoms in total. The number of aromatic nitrogens is 3. The van der Waals surface area contributed by atoms with E-state index in [0.717, 1.165) is 12.1 Å². The van der Waals surface area contributed by atoms with E-state index in [1.807, 2.05) is 0 Å². The van der Waals surface area contributed by atoms with Crippen LogP contribution in [0.25, 0.3) is 11.4 Å². The number of carboxylic acids is 1. The van der Waals surface area contributed by atoms with Gasteiger partial charge in [-0.25, -0.2) is 9.78 Å². The lowest BCUT2D eigenvalue weighted by Gasteiger charge is -2.19. The maximum atomic E-state index is 15.8. The number of benzene rings is 2. The summed E-state index contributed by atoms with van der Waals surface area (Å²) in [6, 6.07) is 9.93. The van der Waals surface area contributed by atoms with Crippen molar-refractivity contribution in [3.63, 3.8) is 0 Å². The molecule has 4 aromatic rings. The van der Waals surface area contributed by atoms with Gasteiger partial charge in [0.25, 0.3) is 11.8 Å². The number of rotatable bonds is 13. The number of nitrogens with two attached hydrogens (primary N) is 3. The number of amidine groups is 1. The van der Waals surface area contributed by atoms with Crippen LogP contribution in [0.15, 0.2) is 59.9 Å². The van der Waals surface area contributed by atoms with Gasteiger partial charge in [0.05, 0.1) is 0 Å². The predicted molar refractivity (Wildman–Crippen MR) is 154 cm³/mol. The van der Waals surface area contributed by atoms with E-state index in [9.17, 15) is 15.0 Å². The first-order chi connectivity index (χ1) is 20.9. The fraction of sp³-hybridized carbons (Fsp3) is 0.179. The number of carboxylic acid groups (broad SMARTS) is 1. The summed E-state index contributed by atoms with van der Waals surface area (Å²) in [5.74, 6) is -8.29. The summed E-state index contributed by atoms with van der Waals surface area (Å²) in [6.07, 6.45) is 1.44. The molecule has 1 atom stereocenters. The molecule has 2 aromatic heterocycles. The van der Waals surface area contributed by atoms with Crippen LogP contribution in [0.1, 0.15) is 18.4 Å². The van der Waals surface area contributed by atoms with Gasteiger partial charge in [0, 0.05) is 37.1 Å². The fourth-order valence-electron chi connectivity index (χ4n) is 3.90. The summed E-state index contributed by atoms with van der Waals surface area (Å²) in [6.45, 7) is 0.0393. The number of aliphatic imine (C=N–C) groups is 1. The van der Waals surface area contributed by atoms with Gasteiger partial charge in [-0.3, -0.25) is 10.4 Å². The number of phenolic OH excluding ortho intramolecular Hbond substituents is 1. The molecule has 16 heteroatoms. The van der Waals surface area contributed by atoms with Gasteiger partial charge >= 0.3 is 5.97 Å². The number of carbonyl (C=O) groups is 1. The normalized spacial score (nSPS) is 11.4. The smallest absolute Gasteiger partial charge is 0.344 e. The third-order valence-electron chi connectivity index (χ3n) is 6.04. The van der Waals surface area contributed by atoms with E-state index in [0.29, 0.717) is 11.4 Å². The lowest BCUT2D eigenvalue weighted by Crippen LogP contribution is -2.28. The second kappa shape index (κ2) is 13.4. The van der Waals surface area contributed by atoms with Gasteiger partial charge in [-0.2, -0.15) is 13.8 Å².